The monoisotopic (exact) mass is 337 g/mol. The average Bonchev–Trinajstić information content (AvgIpc) is 2.58. The Kier molecular flexibility index (Phi) is 5.09. The lowest BCUT2D eigenvalue weighted by Gasteiger charge is -2.40. The van der Waals surface area contributed by atoms with E-state index in [9.17, 15) is 4.79 Å². The van der Waals surface area contributed by atoms with Gasteiger partial charge in [-0.2, -0.15) is 0 Å². The van der Waals surface area contributed by atoms with Crippen LogP contribution in [-0.2, 0) is 4.79 Å². The predicted molar refractivity (Wildman–Crippen MR) is 103 cm³/mol. The maximum Gasteiger partial charge on any atom is 0.218 e. The molecule has 1 aliphatic heterocycles. The van der Waals surface area contributed by atoms with Gasteiger partial charge in [-0.15, -0.1) is 0 Å². The Labute approximate surface area is 150 Å². The second kappa shape index (κ2) is 7.28. The first-order chi connectivity index (χ1) is 12.0. The van der Waals surface area contributed by atoms with Gasteiger partial charge in [0.1, 0.15) is 6.17 Å². The molecule has 0 aromatic heterocycles. The van der Waals surface area contributed by atoms with Gasteiger partial charge < -0.3 is 10.6 Å². The molecule has 0 aliphatic carbocycles. The van der Waals surface area contributed by atoms with Crippen molar-refractivity contribution in [1.82, 2.24) is 10.2 Å². The van der Waals surface area contributed by atoms with Gasteiger partial charge in [0.05, 0.1) is 0 Å². The Hall–Kier alpha value is -2.33. The van der Waals surface area contributed by atoms with Crippen LogP contribution in [0.25, 0.3) is 0 Å². The zero-order chi connectivity index (χ0) is 18.0. The molecule has 4 nitrogen and oxygen atoms in total. The van der Waals surface area contributed by atoms with Crippen molar-refractivity contribution in [3.05, 3.63) is 64.7 Å². The third-order valence-corrected chi connectivity index (χ3v) is 4.89. The fourth-order valence-electron chi connectivity index (χ4n) is 3.71. The summed E-state index contributed by atoms with van der Waals surface area (Å²) in [5, 5.41) is 6.58. The van der Waals surface area contributed by atoms with Gasteiger partial charge in [0.15, 0.2) is 0 Å². The first kappa shape index (κ1) is 17.5. The Morgan fingerprint density at radius 1 is 1.20 bits per heavy atom. The number of likely N-dealkylation sites (N-methyl/N-ethyl adjacent to an activating group) is 1. The van der Waals surface area contributed by atoms with Crippen molar-refractivity contribution in [1.29, 1.82) is 0 Å². The van der Waals surface area contributed by atoms with E-state index in [4.69, 9.17) is 0 Å². The minimum Gasteiger partial charge on any atom is -0.385 e. The number of aryl methyl sites for hydroxylation is 1. The van der Waals surface area contributed by atoms with Gasteiger partial charge in [-0.25, -0.2) is 0 Å². The highest BCUT2D eigenvalue weighted by Crippen LogP contribution is 2.41. The number of hydrogen-bond acceptors (Lipinski definition) is 3. The van der Waals surface area contributed by atoms with Crippen LogP contribution >= 0.6 is 0 Å². The number of nitrogens with one attached hydrogen (secondary N) is 2. The smallest absolute Gasteiger partial charge is 0.218 e. The van der Waals surface area contributed by atoms with Gasteiger partial charge in [-0.3, -0.25) is 9.69 Å². The van der Waals surface area contributed by atoms with Crippen molar-refractivity contribution in [2.75, 3.05) is 25.5 Å². The third-order valence-electron chi connectivity index (χ3n) is 4.89. The number of rotatable bonds is 4. The van der Waals surface area contributed by atoms with Gasteiger partial charge in [0.25, 0.3) is 0 Å². The average molecular weight is 337 g/mol. The molecule has 0 saturated heterocycles. The molecule has 0 bridgehead atoms. The van der Waals surface area contributed by atoms with Crippen LogP contribution in [0.4, 0.5) is 5.69 Å². The zero-order valence-electron chi connectivity index (χ0n) is 15.5. The molecule has 0 spiro atoms. The fourth-order valence-corrected chi connectivity index (χ4v) is 3.71. The van der Waals surface area contributed by atoms with Crippen LogP contribution in [0.15, 0.2) is 42.5 Å². The van der Waals surface area contributed by atoms with Crippen LogP contribution < -0.4 is 10.6 Å². The van der Waals surface area contributed by atoms with E-state index in [2.05, 4.69) is 78.9 Å². The van der Waals surface area contributed by atoms with Crippen LogP contribution in [0.2, 0.25) is 0 Å². The molecule has 2 atom stereocenters. The van der Waals surface area contributed by atoms with Crippen molar-refractivity contribution in [2.45, 2.75) is 32.9 Å². The lowest BCUT2D eigenvalue weighted by atomic mass is 9.82. The van der Waals surface area contributed by atoms with Crippen LogP contribution in [0.1, 0.15) is 48.2 Å². The van der Waals surface area contributed by atoms with E-state index in [1.807, 2.05) is 0 Å². The van der Waals surface area contributed by atoms with E-state index in [0.29, 0.717) is 5.92 Å². The number of anilines is 1. The molecule has 0 fully saturated rings. The summed E-state index contributed by atoms with van der Waals surface area (Å²) >= 11 is 0. The van der Waals surface area contributed by atoms with Crippen molar-refractivity contribution in [2.24, 2.45) is 0 Å². The zero-order valence-corrected chi connectivity index (χ0v) is 15.5. The Balaban J connectivity index is 2.12. The summed E-state index contributed by atoms with van der Waals surface area (Å²) in [6.45, 7) is 7.51. The number of fused-ring (bicyclic) bond motifs is 1. The van der Waals surface area contributed by atoms with Gasteiger partial charge in [0, 0.05) is 37.2 Å². The van der Waals surface area contributed by atoms with Gasteiger partial charge in [0.2, 0.25) is 5.91 Å². The molecular weight excluding hydrogens is 310 g/mol. The van der Waals surface area contributed by atoms with Gasteiger partial charge in [-0.05, 0) is 38.1 Å². The standard InChI is InChI=1S/C21H27N3O/c1-5-22-19-8-6-7-17-18(16-11-9-14(2)10-12-16)13-24(4)21(20(17)19)23-15(3)25/h6-12,18,21-22H,5,13H2,1-4H3,(H,23,25). The highest BCUT2D eigenvalue weighted by atomic mass is 16.1. The fraction of sp³-hybridized carbons (Fsp3) is 0.381. The van der Waals surface area contributed by atoms with Crippen LogP contribution in [0, 0.1) is 6.92 Å². The SMILES string of the molecule is CCNc1cccc2c1C(NC(C)=O)N(C)CC2c1ccc(C)cc1. The second-order valence-electron chi connectivity index (χ2n) is 6.84. The summed E-state index contributed by atoms with van der Waals surface area (Å²) < 4.78 is 0. The molecule has 2 aromatic rings. The summed E-state index contributed by atoms with van der Waals surface area (Å²) in [7, 11) is 2.08. The van der Waals surface area contributed by atoms with Crippen LogP contribution in [0.3, 0.4) is 0 Å². The van der Waals surface area contributed by atoms with Crippen molar-refractivity contribution in [3.8, 4) is 0 Å². The second-order valence-corrected chi connectivity index (χ2v) is 6.84. The Morgan fingerprint density at radius 2 is 1.92 bits per heavy atom. The van der Waals surface area contributed by atoms with Gasteiger partial charge >= 0.3 is 0 Å². The normalized spacial score (nSPS) is 20.0. The summed E-state index contributed by atoms with van der Waals surface area (Å²) in [6.07, 6.45) is -0.107. The lowest BCUT2D eigenvalue weighted by Crippen LogP contribution is -2.44. The van der Waals surface area contributed by atoms with Gasteiger partial charge in [-0.1, -0.05) is 42.0 Å². The molecule has 4 heteroatoms. The number of hydrogen-bond donors (Lipinski definition) is 2. The number of carbonyl (C=O) groups excluding carboxylic acids is 1. The van der Waals surface area contributed by atoms with Crippen LogP contribution in [-0.4, -0.2) is 30.9 Å². The summed E-state index contributed by atoms with van der Waals surface area (Å²) in [4.78, 5) is 14.0. The van der Waals surface area contributed by atoms with Crippen molar-refractivity contribution in [3.63, 3.8) is 0 Å². The maximum absolute atomic E-state index is 11.8. The number of nitrogens with zero attached hydrogens (tertiary/aromatic N) is 1. The molecule has 2 N–H and O–H groups in total. The number of benzene rings is 2. The maximum atomic E-state index is 11.8. The molecule has 0 saturated carbocycles. The van der Waals surface area contributed by atoms with E-state index >= 15 is 0 Å². The van der Waals surface area contributed by atoms with Crippen molar-refractivity contribution >= 4 is 11.6 Å². The molecule has 25 heavy (non-hydrogen) atoms. The van der Waals surface area contributed by atoms with E-state index in [1.54, 1.807) is 6.92 Å². The minimum absolute atomic E-state index is 0.0112. The quantitative estimate of drug-likeness (QED) is 0.895. The number of amides is 1. The van der Waals surface area contributed by atoms with Crippen molar-refractivity contribution < 1.29 is 4.79 Å². The molecule has 1 amide bonds. The largest absolute Gasteiger partial charge is 0.385 e. The topological polar surface area (TPSA) is 44.4 Å². The molecule has 132 valence electrons. The van der Waals surface area contributed by atoms with E-state index in [1.165, 1.54) is 22.3 Å². The molecule has 1 heterocycles. The Bertz CT molecular complexity index is 754. The van der Waals surface area contributed by atoms with E-state index in [-0.39, 0.29) is 12.1 Å². The molecule has 3 rings (SSSR count). The molecule has 1 aliphatic rings. The third kappa shape index (κ3) is 3.54. The Morgan fingerprint density at radius 3 is 2.56 bits per heavy atom. The van der Waals surface area contributed by atoms with E-state index in [0.717, 1.165) is 18.8 Å². The summed E-state index contributed by atoms with van der Waals surface area (Å²) in [5.41, 5.74) is 6.15. The molecule has 0 radical (unpaired) electrons. The summed E-state index contributed by atoms with van der Waals surface area (Å²) in [5.74, 6) is 0.284. The minimum atomic E-state index is -0.107. The molecular formula is C21H27N3O. The predicted octanol–water partition coefficient (Wildman–Crippen LogP) is 3.64. The van der Waals surface area contributed by atoms with Crippen LogP contribution in [0.5, 0.6) is 0 Å². The lowest BCUT2D eigenvalue weighted by molar-refractivity contribution is -0.121. The molecule has 2 aromatic carbocycles. The first-order valence-corrected chi connectivity index (χ1v) is 8.91. The molecule has 2 unspecified atom stereocenters. The summed E-state index contributed by atoms with van der Waals surface area (Å²) in [6, 6.07) is 15.2. The first-order valence-electron chi connectivity index (χ1n) is 8.91. The van der Waals surface area contributed by atoms with E-state index < -0.39 is 0 Å². The highest BCUT2D eigenvalue weighted by Gasteiger charge is 2.34. The number of carbonyl (C=O) groups is 1. The highest BCUT2D eigenvalue weighted by molar-refractivity contribution is 5.74.